The number of aromatic amines is 1. The van der Waals surface area contributed by atoms with Crippen molar-refractivity contribution in [3.63, 3.8) is 0 Å². The lowest BCUT2D eigenvalue weighted by Gasteiger charge is -2.09. The molecule has 96 valence electrons. The zero-order chi connectivity index (χ0) is 13.4. The van der Waals surface area contributed by atoms with Gasteiger partial charge in [0.25, 0.3) is 9.05 Å². The highest BCUT2D eigenvalue weighted by molar-refractivity contribution is 8.13. The summed E-state index contributed by atoms with van der Waals surface area (Å²) in [5.74, 6) is -1.06. The molecule has 1 heterocycles. The van der Waals surface area contributed by atoms with Crippen molar-refractivity contribution >= 4 is 19.7 Å². The third kappa shape index (κ3) is 3.37. The van der Waals surface area contributed by atoms with Crippen molar-refractivity contribution in [2.75, 3.05) is 0 Å². The Balaban J connectivity index is 3.36. The van der Waals surface area contributed by atoms with E-state index >= 15 is 0 Å². The fraction of sp³-hybridized carbons (Fsp3) is 0.286. The molecule has 17 heavy (non-hydrogen) atoms. The van der Waals surface area contributed by atoms with Gasteiger partial charge in [-0.3, -0.25) is 4.79 Å². The summed E-state index contributed by atoms with van der Waals surface area (Å²) >= 11 is 0. The average Bonchev–Trinajstić information content (AvgIpc) is 2.08. The molecule has 1 N–H and O–H groups in total. The molecule has 0 radical (unpaired) electrons. The third-order valence-electron chi connectivity index (χ3n) is 1.71. The summed E-state index contributed by atoms with van der Waals surface area (Å²) < 4.78 is 60.9. The highest BCUT2D eigenvalue weighted by Gasteiger charge is 2.33. The standard InChI is InChI=1S/C7H5ClF3NO4S/c1-3-5(13)4(16-7(9,10)11)2-12-6(3)17(8,14)15/h2H,1H3,(H,12,13). The van der Waals surface area contributed by atoms with Crippen LogP contribution < -0.4 is 10.2 Å². The number of ether oxygens (including phenoxy) is 1. The van der Waals surface area contributed by atoms with Crippen LogP contribution in [0, 0.1) is 6.92 Å². The lowest BCUT2D eigenvalue weighted by molar-refractivity contribution is -0.275. The minimum Gasteiger partial charge on any atom is -0.400 e. The predicted molar refractivity (Wildman–Crippen MR) is 51.5 cm³/mol. The van der Waals surface area contributed by atoms with Gasteiger partial charge in [0.2, 0.25) is 5.43 Å². The number of nitrogens with one attached hydrogen (secondary N) is 1. The average molecular weight is 292 g/mol. The van der Waals surface area contributed by atoms with E-state index in [1.165, 1.54) is 0 Å². The lowest BCUT2D eigenvalue weighted by atomic mass is 10.3. The molecule has 0 aliphatic rings. The summed E-state index contributed by atoms with van der Waals surface area (Å²) in [4.78, 5) is 13.3. The molecule has 10 heteroatoms. The second-order valence-corrected chi connectivity index (χ2v) is 5.42. The maximum Gasteiger partial charge on any atom is 0.573 e. The molecule has 1 aromatic rings. The molecule has 0 aromatic carbocycles. The molecule has 0 bridgehead atoms. The number of alkyl halides is 3. The molecule has 0 aliphatic carbocycles. The number of hydrogen-bond donors (Lipinski definition) is 1. The summed E-state index contributed by atoms with van der Waals surface area (Å²) in [6.45, 7) is 1.01. The largest absolute Gasteiger partial charge is 0.573 e. The van der Waals surface area contributed by atoms with Gasteiger partial charge in [0.1, 0.15) is 0 Å². The Morgan fingerprint density at radius 3 is 2.35 bits per heavy atom. The van der Waals surface area contributed by atoms with Gasteiger partial charge in [-0.05, 0) is 6.92 Å². The van der Waals surface area contributed by atoms with Crippen molar-refractivity contribution in [3.8, 4) is 5.75 Å². The quantitative estimate of drug-likeness (QED) is 0.838. The Kier molecular flexibility index (Phi) is 3.44. The molecule has 0 spiro atoms. The topological polar surface area (TPSA) is 76.2 Å². The molecule has 1 aromatic heterocycles. The zero-order valence-electron chi connectivity index (χ0n) is 8.13. The van der Waals surface area contributed by atoms with Gasteiger partial charge in [-0.1, -0.05) is 0 Å². The van der Waals surface area contributed by atoms with Gasteiger partial charge in [0, 0.05) is 22.4 Å². The van der Waals surface area contributed by atoms with E-state index in [-0.39, 0.29) is 0 Å². The van der Waals surface area contributed by atoms with Crippen LogP contribution in [0.2, 0.25) is 0 Å². The first kappa shape index (κ1) is 13.8. The van der Waals surface area contributed by atoms with Gasteiger partial charge in [0.05, 0.1) is 0 Å². The van der Waals surface area contributed by atoms with Crippen LogP contribution in [0.5, 0.6) is 5.75 Å². The van der Waals surface area contributed by atoms with E-state index in [2.05, 4.69) is 4.74 Å². The van der Waals surface area contributed by atoms with Crippen LogP contribution in [0.3, 0.4) is 0 Å². The maximum atomic E-state index is 11.9. The number of pyridine rings is 1. The van der Waals surface area contributed by atoms with Crippen LogP contribution in [0.1, 0.15) is 5.56 Å². The van der Waals surface area contributed by atoms with Gasteiger partial charge in [0.15, 0.2) is 10.8 Å². The Morgan fingerprint density at radius 2 is 1.94 bits per heavy atom. The van der Waals surface area contributed by atoms with Crippen LogP contribution in [0.4, 0.5) is 13.2 Å². The van der Waals surface area contributed by atoms with Crippen LogP contribution >= 0.6 is 10.7 Å². The number of hydrogen-bond acceptors (Lipinski definition) is 4. The molecule has 0 atom stereocenters. The van der Waals surface area contributed by atoms with Gasteiger partial charge in [-0.25, -0.2) is 8.42 Å². The number of halogens is 4. The van der Waals surface area contributed by atoms with Crippen molar-refractivity contribution in [1.82, 2.24) is 4.98 Å². The first-order valence-electron chi connectivity index (χ1n) is 3.95. The molecule has 0 saturated carbocycles. The predicted octanol–water partition coefficient (Wildman–Crippen LogP) is 1.51. The summed E-state index contributed by atoms with van der Waals surface area (Å²) in [7, 11) is 0.724. The molecule has 0 aliphatic heterocycles. The molecule has 0 fully saturated rings. The van der Waals surface area contributed by atoms with Crippen molar-refractivity contribution in [3.05, 3.63) is 22.0 Å². The Hall–Kier alpha value is -1.22. The van der Waals surface area contributed by atoms with E-state index in [0.29, 0.717) is 6.20 Å². The fourth-order valence-electron chi connectivity index (χ4n) is 1.05. The minimum absolute atomic E-state index is 0.484. The zero-order valence-corrected chi connectivity index (χ0v) is 9.70. The van der Waals surface area contributed by atoms with E-state index in [1.807, 2.05) is 4.98 Å². The molecule has 0 amide bonds. The first-order valence-corrected chi connectivity index (χ1v) is 6.26. The van der Waals surface area contributed by atoms with E-state index < -0.39 is 37.2 Å². The second-order valence-electron chi connectivity index (χ2n) is 2.92. The summed E-state index contributed by atoms with van der Waals surface area (Å²) in [6.07, 6.45) is -4.56. The van der Waals surface area contributed by atoms with E-state index in [4.69, 9.17) is 10.7 Å². The van der Waals surface area contributed by atoms with Gasteiger partial charge < -0.3 is 9.72 Å². The van der Waals surface area contributed by atoms with Crippen LogP contribution in [0.25, 0.3) is 0 Å². The monoisotopic (exact) mass is 291 g/mol. The Morgan fingerprint density at radius 1 is 1.41 bits per heavy atom. The Bertz CT molecular complexity index is 592. The highest BCUT2D eigenvalue weighted by Crippen LogP contribution is 2.21. The van der Waals surface area contributed by atoms with Crippen molar-refractivity contribution < 1.29 is 26.3 Å². The number of rotatable bonds is 2. The molecular formula is C7H5ClF3NO4S. The number of aromatic nitrogens is 1. The van der Waals surface area contributed by atoms with Crippen molar-refractivity contribution in [1.29, 1.82) is 0 Å². The van der Waals surface area contributed by atoms with Gasteiger partial charge in [-0.15, -0.1) is 13.2 Å². The lowest BCUT2D eigenvalue weighted by Crippen LogP contribution is -2.23. The minimum atomic E-state index is -5.04. The van der Waals surface area contributed by atoms with E-state index in [1.54, 1.807) is 0 Å². The van der Waals surface area contributed by atoms with E-state index in [0.717, 1.165) is 6.92 Å². The summed E-state index contributed by atoms with van der Waals surface area (Å²) in [6, 6.07) is 0. The second kappa shape index (κ2) is 4.22. The van der Waals surface area contributed by atoms with Crippen molar-refractivity contribution in [2.24, 2.45) is 0 Å². The smallest absolute Gasteiger partial charge is 0.400 e. The highest BCUT2D eigenvalue weighted by atomic mass is 35.7. The van der Waals surface area contributed by atoms with E-state index in [9.17, 15) is 26.4 Å². The van der Waals surface area contributed by atoms with Crippen molar-refractivity contribution in [2.45, 2.75) is 18.3 Å². The van der Waals surface area contributed by atoms with Crippen LogP contribution in [-0.4, -0.2) is 19.8 Å². The van der Waals surface area contributed by atoms with Crippen LogP contribution in [-0.2, 0) is 9.05 Å². The molecule has 0 saturated heterocycles. The first-order chi connectivity index (χ1) is 7.52. The third-order valence-corrected chi connectivity index (χ3v) is 3.08. The normalized spacial score (nSPS) is 12.5. The molecule has 0 unspecified atom stereocenters. The SMILES string of the molecule is Cc1c(S(=O)(=O)Cl)[nH]cc(OC(F)(F)F)c1=O. The fourth-order valence-corrected chi connectivity index (χ4v) is 2.19. The van der Waals surface area contributed by atoms with Gasteiger partial charge in [-0.2, -0.15) is 0 Å². The molecule has 1 rings (SSSR count). The maximum absolute atomic E-state index is 11.9. The van der Waals surface area contributed by atoms with Crippen LogP contribution in [0.15, 0.2) is 16.0 Å². The molecule has 5 nitrogen and oxygen atoms in total. The molecular weight excluding hydrogens is 287 g/mol. The van der Waals surface area contributed by atoms with Gasteiger partial charge >= 0.3 is 6.36 Å². The number of H-pyrrole nitrogens is 1. The Labute approximate surface area is 97.6 Å². The summed E-state index contributed by atoms with van der Waals surface area (Å²) in [5, 5.41) is -0.668. The summed E-state index contributed by atoms with van der Waals surface area (Å²) in [5.41, 5.74) is -1.69.